The zero-order valence-electron chi connectivity index (χ0n) is 17.9. The number of nitrogens with zero attached hydrogens (tertiary/aromatic N) is 6. The number of nitrogens with one attached hydrogen (secondary N) is 1. The largest absolute Gasteiger partial charge is 0.469 e. The second kappa shape index (κ2) is 8.39. The molecule has 0 saturated heterocycles. The minimum Gasteiger partial charge on any atom is -0.469 e. The summed E-state index contributed by atoms with van der Waals surface area (Å²) in [6, 6.07) is 9.34. The van der Waals surface area contributed by atoms with Crippen LogP contribution < -0.4 is 5.32 Å². The highest BCUT2D eigenvalue weighted by molar-refractivity contribution is 9.10. The van der Waals surface area contributed by atoms with Crippen LogP contribution in [0.15, 0.2) is 47.2 Å². The van der Waals surface area contributed by atoms with Gasteiger partial charge in [-0.05, 0) is 48.7 Å². The molecule has 3 aromatic heterocycles. The van der Waals surface area contributed by atoms with E-state index >= 15 is 0 Å². The molecule has 1 aromatic carbocycles. The second-order valence-electron chi connectivity index (χ2n) is 8.00. The summed E-state index contributed by atoms with van der Waals surface area (Å²) < 4.78 is 7.29. The van der Waals surface area contributed by atoms with Crippen molar-refractivity contribution in [1.29, 1.82) is 0 Å². The Morgan fingerprint density at radius 2 is 2.03 bits per heavy atom. The quantitative estimate of drug-likeness (QED) is 0.409. The lowest BCUT2D eigenvalue weighted by Gasteiger charge is -2.31. The number of ether oxygens (including phenoxy) is 1. The van der Waals surface area contributed by atoms with Gasteiger partial charge in [0.2, 0.25) is 5.82 Å². The molecule has 3 heterocycles. The molecule has 33 heavy (non-hydrogen) atoms. The number of halogens is 1. The van der Waals surface area contributed by atoms with Gasteiger partial charge in [0.1, 0.15) is 0 Å². The average Bonchev–Trinajstić information content (AvgIpc) is 3.41. The first kappa shape index (κ1) is 21.3. The van der Waals surface area contributed by atoms with Crippen LogP contribution in [0.3, 0.4) is 0 Å². The van der Waals surface area contributed by atoms with Crippen LogP contribution in [0.1, 0.15) is 34.8 Å². The first-order chi connectivity index (χ1) is 15.9. The highest BCUT2D eigenvalue weighted by Crippen LogP contribution is 2.37. The van der Waals surface area contributed by atoms with E-state index in [1.165, 1.54) is 7.11 Å². The minimum absolute atomic E-state index is 0.0231. The number of amides is 1. The Bertz CT molecular complexity index is 1370. The number of methoxy groups -OCH3 is 1. The fraction of sp³-hybridized carbons (Fsp3) is 0.273. The number of benzene rings is 1. The van der Waals surface area contributed by atoms with Crippen LogP contribution in [0.25, 0.3) is 16.9 Å². The van der Waals surface area contributed by atoms with Crippen LogP contribution in [-0.4, -0.2) is 48.8 Å². The number of fused-ring (bicyclic) bond motifs is 1. The van der Waals surface area contributed by atoms with E-state index in [2.05, 4.69) is 41.8 Å². The SMILES string of the molecule is COC(=O)C1CC(n2nnc(-c3ccc(C)c(NC(=O)c4cnn5ccc(Br)cc45)c3)n2)C1. The van der Waals surface area contributed by atoms with Crippen molar-refractivity contribution in [2.45, 2.75) is 25.8 Å². The Morgan fingerprint density at radius 1 is 1.21 bits per heavy atom. The molecule has 5 rings (SSSR count). The third kappa shape index (κ3) is 3.99. The molecule has 1 saturated carbocycles. The van der Waals surface area contributed by atoms with E-state index in [0.717, 1.165) is 15.6 Å². The van der Waals surface area contributed by atoms with Crippen molar-refractivity contribution in [3.05, 3.63) is 58.3 Å². The van der Waals surface area contributed by atoms with E-state index in [1.807, 2.05) is 37.3 Å². The third-order valence-corrected chi connectivity index (χ3v) is 6.37. The van der Waals surface area contributed by atoms with Gasteiger partial charge in [-0.3, -0.25) is 9.59 Å². The van der Waals surface area contributed by atoms with Gasteiger partial charge in [0, 0.05) is 21.9 Å². The molecule has 0 radical (unpaired) electrons. The number of aryl methyl sites for hydroxylation is 1. The Morgan fingerprint density at radius 3 is 2.82 bits per heavy atom. The highest BCUT2D eigenvalue weighted by atomic mass is 79.9. The van der Waals surface area contributed by atoms with E-state index < -0.39 is 0 Å². The maximum absolute atomic E-state index is 13.0. The van der Waals surface area contributed by atoms with Crippen molar-refractivity contribution >= 4 is 39.0 Å². The van der Waals surface area contributed by atoms with Gasteiger partial charge in [-0.1, -0.05) is 28.1 Å². The average molecular weight is 510 g/mol. The molecule has 1 amide bonds. The van der Waals surface area contributed by atoms with Gasteiger partial charge >= 0.3 is 5.97 Å². The number of carbonyl (C=O) groups is 2. The smallest absolute Gasteiger partial charge is 0.308 e. The summed E-state index contributed by atoms with van der Waals surface area (Å²) in [5.74, 6) is -0.129. The van der Waals surface area contributed by atoms with Crippen LogP contribution >= 0.6 is 15.9 Å². The second-order valence-corrected chi connectivity index (χ2v) is 8.91. The molecule has 0 atom stereocenters. The van der Waals surface area contributed by atoms with Gasteiger partial charge in [0.25, 0.3) is 5.91 Å². The number of esters is 1. The number of rotatable bonds is 5. The van der Waals surface area contributed by atoms with Gasteiger partial charge < -0.3 is 10.1 Å². The van der Waals surface area contributed by atoms with Crippen molar-refractivity contribution in [3.8, 4) is 11.4 Å². The third-order valence-electron chi connectivity index (χ3n) is 5.87. The van der Waals surface area contributed by atoms with Crippen LogP contribution in [0.5, 0.6) is 0 Å². The number of hydrogen-bond donors (Lipinski definition) is 1. The summed E-state index contributed by atoms with van der Waals surface area (Å²) in [4.78, 5) is 26.1. The van der Waals surface area contributed by atoms with Crippen molar-refractivity contribution in [3.63, 3.8) is 0 Å². The van der Waals surface area contributed by atoms with Crippen LogP contribution in [0.4, 0.5) is 5.69 Å². The number of tetrazole rings is 1. The van der Waals surface area contributed by atoms with Gasteiger partial charge in [-0.2, -0.15) is 9.90 Å². The standard InChI is InChI=1S/C22H20BrN7O3/c1-12-3-4-13(20-26-28-30(27-20)16-7-14(8-16)22(32)33-2)9-18(12)25-21(31)17-11-24-29-6-5-15(23)10-19(17)29/h3-6,9-11,14,16H,7-8H2,1-2H3,(H,25,31). The lowest BCUT2D eigenvalue weighted by molar-refractivity contribution is -0.150. The molecule has 1 N–H and O–H groups in total. The predicted molar refractivity (Wildman–Crippen MR) is 123 cm³/mol. The van der Waals surface area contributed by atoms with E-state index in [-0.39, 0.29) is 23.8 Å². The molecule has 1 aliphatic rings. The molecule has 11 heteroatoms. The molecule has 0 spiro atoms. The Kier molecular flexibility index (Phi) is 5.41. The Labute approximate surface area is 197 Å². The normalized spacial score (nSPS) is 17.5. The van der Waals surface area contributed by atoms with Gasteiger partial charge in [0.15, 0.2) is 0 Å². The van der Waals surface area contributed by atoms with Crippen LogP contribution in [-0.2, 0) is 9.53 Å². The fourth-order valence-electron chi connectivity index (χ4n) is 3.85. The van der Waals surface area contributed by atoms with Gasteiger partial charge in [-0.25, -0.2) is 4.52 Å². The zero-order valence-corrected chi connectivity index (χ0v) is 19.5. The maximum Gasteiger partial charge on any atom is 0.308 e. The van der Waals surface area contributed by atoms with Crippen LogP contribution in [0, 0.1) is 12.8 Å². The van der Waals surface area contributed by atoms with Crippen LogP contribution in [0.2, 0.25) is 0 Å². The summed E-state index contributed by atoms with van der Waals surface area (Å²) in [6.07, 6.45) is 4.59. The van der Waals surface area contributed by atoms with E-state index in [1.54, 1.807) is 21.7 Å². The van der Waals surface area contributed by atoms with E-state index in [9.17, 15) is 9.59 Å². The summed E-state index contributed by atoms with van der Waals surface area (Å²) in [5.41, 5.74) is 3.45. The van der Waals surface area contributed by atoms with Gasteiger partial charge in [0.05, 0.1) is 36.3 Å². The molecular formula is C22H20BrN7O3. The van der Waals surface area contributed by atoms with E-state index in [4.69, 9.17) is 4.74 Å². The van der Waals surface area contributed by atoms with Crippen molar-refractivity contribution in [2.75, 3.05) is 12.4 Å². The van der Waals surface area contributed by atoms with Crippen molar-refractivity contribution in [2.24, 2.45) is 5.92 Å². The number of pyridine rings is 1. The molecule has 1 aliphatic carbocycles. The molecule has 4 aromatic rings. The fourth-order valence-corrected chi connectivity index (χ4v) is 4.18. The predicted octanol–water partition coefficient (Wildman–Crippen LogP) is 3.44. The summed E-state index contributed by atoms with van der Waals surface area (Å²) in [7, 11) is 1.39. The summed E-state index contributed by atoms with van der Waals surface area (Å²) in [6.45, 7) is 1.91. The molecule has 0 bridgehead atoms. The van der Waals surface area contributed by atoms with Gasteiger partial charge in [-0.15, -0.1) is 10.2 Å². The number of anilines is 1. The summed E-state index contributed by atoms with van der Waals surface area (Å²) >= 11 is 3.43. The first-order valence-corrected chi connectivity index (χ1v) is 11.1. The van der Waals surface area contributed by atoms with E-state index in [0.29, 0.717) is 35.4 Å². The molecule has 0 unspecified atom stereocenters. The lowest BCUT2D eigenvalue weighted by atomic mass is 9.81. The first-order valence-electron chi connectivity index (χ1n) is 10.4. The monoisotopic (exact) mass is 509 g/mol. The number of aromatic nitrogens is 6. The zero-order chi connectivity index (χ0) is 23.1. The van der Waals surface area contributed by atoms with Crippen molar-refractivity contribution in [1.82, 2.24) is 29.8 Å². The minimum atomic E-state index is -0.261. The Hall–Kier alpha value is -3.60. The number of carbonyl (C=O) groups excluding carboxylic acids is 2. The summed E-state index contributed by atoms with van der Waals surface area (Å²) in [5, 5.41) is 20.0. The lowest BCUT2D eigenvalue weighted by Crippen LogP contribution is -2.34. The molecular weight excluding hydrogens is 490 g/mol. The number of hydrogen-bond acceptors (Lipinski definition) is 7. The maximum atomic E-state index is 13.0. The molecule has 1 fully saturated rings. The van der Waals surface area contributed by atoms with Crippen molar-refractivity contribution < 1.29 is 14.3 Å². The highest BCUT2D eigenvalue weighted by Gasteiger charge is 2.38. The Balaban J connectivity index is 1.35. The molecule has 0 aliphatic heterocycles. The molecule has 10 nitrogen and oxygen atoms in total. The topological polar surface area (TPSA) is 116 Å². The molecule has 168 valence electrons.